The zero-order chi connectivity index (χ0) is 21.6. The summed E-state index contributed by atoms with van der Waals surface area (Å²) in [6, 6.07) is 7.33. The first kappa shape index (κ1) is 23.2. The molecule has 5 nitrogen and oxygen atoms in total. The summed E-state index contributed by atoms with van der Waals surface area (Å²) < 4.78 is 11.2. The predicted molar refractivity (Wildman–Crippen MR) is 119 cm³/mol. The molecule has 1 N–H and O–H groups in total. The van der Waals surface area contributed by atoms with Crippen LogP contribution in [0.5, 0.6) is 5.75 Å². The van der Waals surface area contributed by atoms with Crippen LogP contribution in [0.3, 0.4) is 0 Å². The summed E-state index contributed by atoms with van der Waals surface area (Å²) in [6.45, 7) is 4.99. The van der Waals surface area contributed by atoms with Crippen molar-refractivity contribution >= 4 is 34.4 Å². The third kappa shape index (κ3) is 7.03. The van der Waals surface area contributed by atoms with Crippen molar-refractivity contribution in [3.05, 3.63) is 41.4 Å². The number of allylic oxidation sites excluding steroid dienone is 1. The smallest absolute Gasteiger partial charge is 0.307 e. The fourth-order valence-electron chi connectivity index (χ4n) is 3.44. The highest BCUT2D eigenvalue weighted by Crippen LogP contribution is 2.43. The molecular formula is C23H29ClO5S. The number of thioether (sulfide) groups is 1. The monoisotopic (exact) mass is 452 g/mol. The van der Waals surface area contributed by atoms with Gasteiger partial charge in [-0.05, 0) is 62.3 Å². The topological polar surface area (TPSA) is 76.1 Å². The molecule has 1 saturated carbocycles. The van der Waals surface area contributed by atoms with E-state index >= 15 is 0 Å². The molecule has 2 fully saturated rings. The number of carboxylic acids is 1. The molecule has 2 aliphatic rings. The number of unbranched alkanes of at least 4 members (excludes halogenated alkanes) is 3. The van der Waals surface area contributed by atoms with Crippen molar-refractivity contribution in [2.24, 2.45) is 11.8 Å². The third-order valence-electron chi connectivity index (χ3n) is 5.68. The van der Waals surface area contributed by atoms with E-state index in [1.807, 2.05) is 24.3 Å². The average molecular weight is 453 g/mol. The van der Waals surface area contributed by atoms with Crippen LogP contribution in [0.25, 0.3) is 0 Å². The molecule has 0 amide bonds. The van der Waals surface area contributed by atoms with Crippen LogP contribution < -0.4 is 4.74 Å². The van der Waals surface area contributed by atoms with E-state index in [0.29, 0.717) is 42.7 Å². The molecule has 164 valence electrons. The lowest BCUT2D eigenvalue weighted by Gasteiger charge is -2.14. The molecule has 1 aliphatic heterocycles. The summed E-state index contributed by atoms with van der Waals surface area (Å²) in [5.41, 5.74) is 0.439. The van der Waals surface area contributed by atoms with Gasteiger partial charge < -0.3 is 14.6 Å². The Morgan fingerprint density at radius 3 is 2.53 bits per heavy atom. The lowest BCUT2D eigenvalue weighted by molar-refractivity contribution is -0.141. The molecule has 0 radical (unpaired) electrons. The molecule has 30 heavy (non-hydrogen) atoms. The van der Waals surface area contributed by atoms with Crippen molar-refractivity contribution in [3.63, 3.8) is 0 Å². The summed E-state index contributed by atoms with van der Waals surface area (Å²) in [4.78, 5) is 24.0. The number of ether oxygens (including phenoxy) is 2. The summed E-state index contributed by atoms with van der Waals surface area (Å²) >= 11 is 6.97. The molecule has 3 atom stereocenters. The Labute approximate surface area is 187 Å². The minimum absolute atomic E-state index is 0.0190. The fraction of sp³-hybridized carbons (Fsp3) is 0.565. The number of hydrogen-bond donors (Lipinski definition) is 1. The van der Waals surface area contributed by atoms with Crippen molar-refractivity contribution in [2.45, 2.75) is 50.5 Å². The van der Waals surface area contributed by atoms with Crippen LogP contribution in [0.2, 0.25) is 5.02 Å². The van der Waals surface area contributed by atoms with E-state index in [9.17, 15) is 14.7 Å². The van der Waals surface area contributed by atoms with Crippen LogP contribution in [0.15, 0.2) is 36.4 Å². The average Bonchev–Trinajstić information content (AvgIpc) is 3.63. The number of aliphatic carboxylic acids is 1. The van der Waals surface area contributed by atoms with E-state index in [-0.39, 0.29) is 5.12 Å². The van der Waals surface area contributed by atoms with E-state index in [2.05, 4.69) is 6.58 Å². The highest BCUT2D eigenvalue weighted by atomic mass is 35.5. The minimum Gasteiger partial charge on any atom is -0.494 e. The van der Waals surface area contributed by atoms with Gasteiger partial charge >= 0.3 is 5.97 Å². The molecule has 3 unspecified atom stereocenters. The summed E-state index contributed by atoms with van der Waals surface area (Å²) in [5, 5.41) is 10.1. The number of carbonyl (C=O) groups is 2. The molecule has 7 heteroatoms. The Morgan fingerprint density at radius 1 is 1.27 bits per heavy atom. The van der Waals surface area contributed by atoms with Gasteiger partial charge in [-0.25, -0.2) is 0 Å². The van der Waals surface area contributed by atoms with Crippen molar-refractivity contribution in [1.82, 2.24) is 0 Å². The molecule has 3 rings (SSSR count). The zero-order valence-corrected chi connectivity index (χ0v) is 18.7. The van der Waals surface area contributed by atoms with E-state index in [4.69, 9.17) is 21.1 Å². The van der Waals surface area contributed by atoms with Gasteiger partial charge in [0.05, 0.1) is 19.1 Å². The van der Waals surface area contributed by atoms with Crippen LogP contribution >= 0.6 is 23.4 Å². The van der Waals surface area contributed by atoms with Crippen LogP contribution in [0.1, 0.15) is 44.9 Å². The number of halogens is 1. The van der Waals surface area contributed by atoms with Gasteiger partial charge in [0.1, 0.15) is 5.75 Å². The standard InChI is InChI=1S/C23H29ClO5S/c1-16-12-17(16)13-18(21(25)26)14-30-22(27)23(15-29-23)10-4-2-3-5-11-28-20-8-6-19(24)7-9-20/h6-9,17-18H,1-5,10-15H2,(H,25,26). The van der Waals surface area contributed by atoms with Gasteiger partial charge in [0.15, 0.2) is 5.60 Å². The SMILES string of the molecule is C=C1CC1CC(CSC(=O)C1(CCCCCCOc2ccc(Cl)cc2)CO1)C(=O)O. The molecule has 1 heterocycles. The number of rotatable bonds is 14. The molecule has 1 aliphatic carbocycles. The van der Waals surface area contributed by atoms with E-state index in [1.54, 1.807) is 0 Å². The Kier molecular flexibility index (Phi) is 8.26. The summed E-state index contributed by atoms with van der Waals surface area (Å²) in [5.74, 6) is 0.112. The predicted octanol–water partition coefficient (Wildman–Crippen LogP) is 5.37. The number of epoxide rings is 1. The van der Waals surface area contributed by atoms with Gasteiger partial charge in [0.2, 0.25) is 5.12 Å². The first-order valence-corrected chi connectivity index (χ1v) is 11.9. The largest absolute Gasteiger partial charge is 0.494 e. The lowest BCUT2D eigenvalue weighted by Crippen LogP contribution is -2.25. The molecule has 1 aromatic carbocycles. The lowest BCUT2D eigenvalue weighted by atomic mass is 10.0. The maximum Gasteiger partial charge on any atom is 0.307 e. The van der Waals surface area contributed by atoms with E-state index in [1.165, 1.54) is 0 Å². The van der Waals surface area contributed by atoms with Crippen molar-refractivity contribution in [2.75, 3.05) is 19.0 Å². The van der Waals surface area contributed by atoms with Crippen molar-refractivity contribution in [3.8, 4) is 5.75 Å². The Balaban J connectivity index is 1.27. The molecule has 0 bridgehead atoms. The molecular weight excluding hydrogens is 424 g/mol. The first-order chi connectivity index (χ1) is 14.4. The Hall–Kier alpha value is -1.50. The van der Waals surface area contributed by atoms with Crippen LogP contribution in [0.4, 0.5) is 0 Å². The van der Waals surface area contributed by atoms with Crippen LogP contribution in [-0.2, 0) is 14.3 Å². The fourth-order valence-corrected chi connectivity index (χ4v) is 4.68. The Bertz CT molecular complexity index is 759. The molecule has 0 spiro atoms. The highest BCUT2D eigenvalue weighted by molar-refractivity contribution is 8.13. The maximum atomic E-state index is 12.6. The van der Waals surface area contributed by atoms with E-state index < -0.39 is 17.5 Å². The normalized spacial score (nSPS) is 23.1. The highest BCUT2D eigenvalue weighted by Gasteiger charge is 2.51. The second-order valence-electron chi connectivity index (χ2n) is 8.18. The maximum absolute atomic E-state index is 12.6. The van der Waals surface area contributed by atoms with E-state index in [0.717, 1.165) is 55.2 Å². The van der Waals surface area contributed by atoms with Gasteiger partial charge in [-0.15, -0.1) is 0 Å². The first-order valence-electron chi connectivity index (χ1n) is 10.5. The van der Waals surface area contributed by atoms with Gasteiger partial charge in [-0.1, -0.05) is 48.4 Å². The second kappa shape index (κ2) is 10.7. The van der Waals surface area contributed by atoms with Crippen LogP contribution in [-0.4, -0.2) is 40.8 Å². The second-order valence-corrected chi connectivity index (χ2v) is 9.61. The van der Waals surface area contributed by atoms with Crippen molar-refractivity contribution in [1.29, 1.82) is 0 Å². The van der Waals surface area contributed by atoms with Crippen molar-refractivity contribution < 1.29 is 24.2 Å². The van der Waals surface area contributed by atoms with Gasteiger partial charge in [-0.3, -0.25) is 9.59 Å². The summed E-state index contributed by atoms with van der Waals surface area (Å²) in [6.07, 6.45) is 6.10. The number of carboxylic acid groups (broad SMARTS) is 1. The van der Waals surface area contributed by atoms with Gasteiger partial charge in [0, 0.05) is 10.8 Å². The third-order valence-corrected chi connectivity index (χ3v) is 7.14. The minimum atomic E-state index is -0.832. The quantitative estimate of drug-likeness (QED) is 0.232. The number of carbonyl (C=O) groups excluding carboxylic acids is 1. The van der Waals surface area contributed by atoms with Crippen LogP contribution in [0, 0.1) is 11.8 Å². The molecule has 0 aromatic heterocycles. The number of hydrogen-bond acceptors (Lipinski definition) is 5. The van der Waals surface area contributed by atoms with Gasteiger partial charge in [-0.2, -0.15) is 0 Å². The molecule has 1 aromatic rings. The Morgan fingerprint density at radius 2 is 1.93 bits per heavy atom. The molecule has 1 saturated heterocycles. The van der Waals surface area contributed by atoms with Gasteiger partial charge in [0.25, 0.3) is 0 Å². The summed E-state index contributed by atoms with van der Waals surface area (Å²) in [7, 11) is 0. The number of benzene rings is 1. The zero-order valence-electron chi connectivity index (χ0n) is 17.1.